The largest absolute Gasteiger partial charge is 0.466 e. The number of benzene rings is 2. The molecular weight excluding hydrogens is 255 g/mol. The van der Waals surface area contributed by atoms with Crippen molar-refractivity contribution in [3.8, 4) is 0 Å². The van der Waals surface area contributed by atoms with Gasteiger partial charge in [-0.2, -0.15) is 0 Å². The molecule has 102 valence electrons. The van der Waals surface area contributed by atoms with Gasteiger partial charge in [-0.15, -0.1) is 0 Å². The maximum absolute atomic E-state index is 12.9. The maximum atomic E-state index is 12.9. The first-order chi connectivity index (χ1) is 9.69. The summed E-state index contributed by atoms with van der Waals surface area (Å²) in [4.78, 5) is 11.8. The quantitative estimate of drug-likeness (QED) is 0.626. The minimum atomic E-state index is -0.377. The lowest BCUT2D eigenvalue weighted by atomic mass is 10.0. The second-order valence-corrected chi connectivity index (χ2v) is 4.38. The summed E-state index contributed by atoms with van der Waals surface area (Å²) in [5.41, 5.74) is 2.32. The zero-order valence-electron chi connectivity index (χ0n) is 11.2. The summed E-state index contributed by atoms with van der Waals surface area (Å²) in [7, 11) is 1.35. The Hall–Kier alpha value is -2.42. The van der Waals surface area contributed by atoms with E-state index in [1.54, 1.807) is 18.2 Å². The number of hydrogen-bond acceptors (Lipinski definition) is 2. The molecule has 2 rings (SSSR count). The molecule has 0 unspecified atom stereocenters. The summed E-state index contributed by atoms with van der Waals surface area (Å²) < 4.78 is 17.7. The molecule has 0 atom stereocenters. The van der Waals surface area contributed by atoms with E-state index in [-0.39, 0.29) is 11.8 Å². The normalized spacial score (nSPS) is 11.2. The second-order valence-electron chi connectivity index (χ2n) is 4.38. The number of hydrogen-bond donors (Lipinski definition) is 0. The van der Waals surface area contributed by atoms with Crippen molar-refractivity contribution < 1.29 is 13.9 Å². The molecule has 0 aliphatic rings. The Morgan fingerprint density at radius 1 is 1.10 bits per heavy atom. The molecule has 0 fully saturated rings. The van der Waals surface area contributed by atoms with Crippen LogP contribution in [0.3, 0.4) is 0 Å². The molecule has 0 saturated carbocycles. The van der Waals surface area contributed by atoms with E-state index in [9.17, 15) is 9.18 Å². The minimum Gasteiger partial charge on any atom is -0.466 e. The number of methoxy groups -OCH3 is 1. The van der Waals surface area contributed by atoms with Crippen molar-refractivity contribution >= 4 is 12.0 Å². The van der Waals surface area contributed by atoms with Crippen LogP contribution < -0.4 is 0 Å². The van der Waals surface area contributed by atoms with Gasteiger partial charge in [0.2, 0.25) is 0 Å². The minimum absolute atomic E-state index is 0.301. The number of carbonyl (C=O) groups excluding carboxylic acids is 1. The molecule has 20 heavy (non-hydrogen) atoms. The van der Waals surface area contributed by atoms with Crippen molar-refractivity contribution in [2.75, 3.05) is 7.11 Å². The fraction of sp³-hybridized carbons (Fsp3) is 0.118. The molecular formula is C17H15FO2. The highest BCUT2D eigenvalue weighted by molar-refractivity contribution is 5.94. The third kappa shape index (κ3) is 3.79. The third-order valence-corrected chi connectivity index (χ3v) is 2.90. The molecule has 0 amide bonds. The van der Waals surface area contributed by atoms with E-state index >= 15 is 0 Å². The van der Waals surface area contributed by atoms with Gasteiger partial charge in [0, 0.05) is 12.0 Å². The van der Waals surface area contributed by atoms with Gasteiger partial charge in [-0.3, -0.25) is 0 Å². The Kier molecular flexibility index (Phi) is 4.66. The lowest BCUT2D eigenvalue weighted by Gasteiger charge is -2.06. The molecule has 0 radical (unpaired) electrons. The molecule has 3 heteroatoms. The zero-order chi connectivity index (χ0) is 14.4. The standard InChI is InChI=1S/C17H15FO2/c1-20-17(19)15(11-13-5-3-2-4-6-13)12-14-7-9-16(18)10-8-14/h2-10,12H,11H2,1H3. The van der Waals surface area contributed by atoms with Crippen LogP contribution in [0.25, 0.3) is 6.08 Å². The van der Waals surface area contributed by atoms with E-state index in [0.29, 0.717) is 12.0 Å². The lowest BCUT2D eigenvalue weighted by Crippen LogP contribution is -2.07. The number of esters is 1. The van der Waals surface area contributed by atoms with Crippen LogP contribution in [-0.2, 0) is 16.0 Å². The first-order valence-corrected chi connectivity index (χ1v) is 6.27. The molecule has 2 aromatic carbocycles. The van der Waals surface area contributed by atoms with Crippen LogP contribution in [0, 0.1) is 5.82 Å². The van der Waals surface area contributed by atoms with E-state index in [4.69, 9.17) is 4.74 Å². The molecule has 0 spiro atoms. The van der Waals surface area contributed by atoms with Gasteiger partial charge in [-0.1, -0.05) is 42.5 Å². The SMILES string of the molecule is COC(=O)C(=Cc1ccc(F)cc1)Cc1ccccc1. The van der Waals surface area contributed by atoms with Crippen molar-refractivity contribution in [1.82, 2.24) is 0 Å². The predicted octanol–water partition coefficient (Wildman–Crippen LogP) is 3.62. The fourth-order valence-electron chi connectivity index (χ4n) is 1.89. The van der Waals surface area contributed by atoms with Crippen LogP contribution >= 0.6 is 0 Å². The molecule has 0 bridgehead atoms. The van der Waals surface area contributed by atoms with Crippen LogP contribution in [-0.4, -0.2) is 13.1 Å². The summed E-state index contributed by atoms with van der Waals surface area (Å²) >= 11 is 0. The van der Waals surface area contributed by atoms with Crippen molar-refractivity contribution in [2.24, 2.45) is 0 Å². The van der Waals surface area contributed by atoms with Gasteiger partial charge >= 0.3 is 5.97 Å². The third-order valence-electron chi connectivity index (χ3n) is 2.90. The highest BCUT2D eigenvalue weighted by Crippen LogP contribution is 2.14. The molecule has 0 N–H and O–H groups in total. The summed E-state index contributed by atoms with van der Waals surface area (Å²) in [6.45, 7) is 0. The molecule has 0 aliphatic carbocycles. The Morgan fingerprint density at radius 2 is 1.75 bits per heavy atom. The smallest absolute Gasteiger partial charge is 0.334 e. The first-order valence-electron chi connectivity index (χ1n) is 6.27. The Bertz CT molecular complexity index is 601. The Labute approximate surface area is 117 Å². The maximum Gasteiger partial charge on any atom is 0.334 e. The molecule has 2 aromatic rings. The van der Waals surface area contributed by atoms with Crippen molar-refractivity contribution in [1.29, 1.82) is 0 Å². The molecule has 2 nitrogen and oxygen atoms in total. The van der Waals surface area contributed by atoms with E-state index in [0.717, 1.165) is 11.1 Å². The van der Waals surface area contributed by atoms with Crippen molar-refractivity contribution in [3.05, 3.63) is 77.1 Å². The van der Waals surface area contributed by atoms with Crippen LogP contribution in [0.2, 0.25) is 0 Å². The van der Waals surface area contributed by atoms with Crippen LogP contribution in [0.5, 0.6) is 0 Å². The highest BCUT2D eigenvalue weighted by atomic mass is 19.1. The van der Waals surface area contributed by atoms with Gasteiger partial charge in [0.25, 0.3) is 0 Å². The molecule has 0 aliphatic heterocycles. The average Bonchev–Trinajstić information content (AvgIpc) is 2.49. The fourth-order valence-corrected chi connectivity index (χ4v) is 1.89. The van der Waals surface area contributed by atoms with E-state index in [1.165, 1.54) is 19.2 Å². The van der Waals surface area contributed by atoms with Gasteiger partial charge in [0.05, 0.1) is 7.11 Å². The topological polar surface area (TPSA) is 26.3 Å². The second kappa shape index (κ2) is 6.66. The van der Waals surface area contributed by atoms with Crippen molar-refractivity contribution in [2.45, 2.75) is 6.42 Å². The van der Waals surface area contributed by atoms with Gasteiger partial charge < -0.3 is 4.74 Å². The summed E-state index contributed by atoms with van der Waals surface area (Å²) in [5, 5.41) is 0. The van der Waals surface area contributed by atoms with Crippen molar-refractivity contribution in [3.63, 3.8) is 0 Å². The van der Waals surface area contributed by atoms with E-state index in [2.05, 4.69) is 0 Å². The summed E-state index contributed by atoms with van der Waals surface area (Å²) in [6.07, 6.45) is 2.20. The van der Waals surface area contributed by atoms with Crippen LogP contribution in [0.4, 0.5) is 4.39 Å². The van der Waals surface area contributed by atoms with Gasteiger partial charge in [-0.05, 0) is 29.3 Å². The van der Waals surface area contributed by atoms with E-state index in [1.807, 2.05) is 30.3 Å². The predicted molar refractivity (Wildman–Crippen MR) is 76.5 cm³/mol. The molecule has 0 aromatic heterocycles. The van der Waals surface area contributed by atoms with Gasteiger partial charge in [0.1, 0.15) is 5.82 Å². The average molecular weight is 270 g/mol. The van der Waals surface area contributed by atoms with E-state index < -0.39 is 0 Å². The number of carbonyl (C=O) groups is 1. The Balaban J connectivity index is 2.28. The van der Waals surface area contributed by atoms with Crippen LogP contribution in [0.1, 0.15) is 11.1 Å². The first kappa shape index (κ1) is 14.0. The zero-order valence-corrected chi connectivity index (χ0v) is 11.2. The molecule has 0 heterocycles. The lowest BCUT2D eigenvalue weighted by molar-refractivity contribution is -0.136. The van der Waals surface area contributed by atoms with Gasteiger partial charge in [0.15, 0.2) is 0 Å². The summed E-state index contributed by atoms with van der Waals surface area (Å²) in [5.74, 6) is -0.678. The van der Waals surface area contributed by atoms with Crippen LogP contribution in [0.15, 0.2) is 60.2 Å². The Morgan fingerprint density at radius 3 is 2.35 bits per heavy atom. The highest BCUT2D eigenvalue weighted by Gasteiger charge is 2.10. The molecule has 0 saturated heterocycles. The number of ether oxygens (including phenoxy) is 1. The summed E-state index contributed by atoms with van der Waals surface area (Å²) in [6, 6.07) is 15.6. The number of halogens is 1. The number of rotatable bonds is 4. The van der Waals surface area contributed by atoms with Gasteiger partial charge in [-0.25, -0.2) is 9.18 Å². The monoisotopic (exact) mass is 270 g/mol.